The molecule has 2 unspecified atom stereocenters. The number of hydrogen-bond donors (Lipinski definition) is 2. The van der Waals surface area contributed by atoms with Crippen LogP contribution in [0.5, 0.6) is 5.75 Å². The first-order chi connectivity index (χ1) is 11.8. The summed E-state index contributed by atoms with van der Waals surface area (Å²) in [6.45, 7) is 2.46. The molecule has 2 heterocycles. The molecule has 0 bridgehead atoms. The van der Waals surface area contributed by atoms with E-state index in [2.05, 4.69) is 10.9 Å². The number of likely N-dealkylation sites (tertiary alicyclic amines) is 1. The maximum Gasteiger partial charge on any atom is 0.241 e. The van der Waals surface area contributed by atoms with Crippen LogP contribution in [-0.2, 0) is 4.79 Å². The summed E-state index contributed by atoms with van der Waals surface area (Å²) >= 11 is 0. The molecule has 24 heavy (non-hydrogen) atoms. The molecular formula is C19H27N3O2. The van der Waals surface area contributed by atoms with Crippen LogP contribution in [0.4, 0.5) is 0 Å². The molecule has 1 saturated carbocycles. The first-order valence-electron chi connectivity index (χ1n) is 9.27. The summed E-state index contributed by atoms with van der Waals surface area (Å²) < 4.78 is 5.86. The lowest BCUT2D eigenvalue weighted by Crippen LogP contribution is -2.48. The topological polar surface area (TPSA) is 53.6 Å². The summed E-state index contributed by atoms with van der Waals surface area (Å²) in [7, 11) is 0. The van der Waals surface area contributed by atoms with Gasteiger partial charge >= 0.3 is 0 Å². The number of para-hydroxylation sites is 1. The van der Waals surface area contributed by atoms with Crippen LogP contribution in [0.2, 0.25) is 0 Å². The largest absolute Gasteiger partial charge is 0.493 e. The fraction of sp³-hybridized carbons (Fsp3) is 0.632. The zero-order valence-electron chi connectivity index (χ0n) is 14.1. The average Bonchev–Trinajstić information content (AvgIpc) is 3.38. The van der Waals surface area contributed by atoms with Gasteiger partial charge in [-0.05, 0) is 56.1 Å². The monoisotopic (exact) mass is 329 g/mol. The molecule has 2 aliphatic heterocycles. The first kappa shape index (κ1) is 15.9. The van der Waals surface area contributed by atoms with Gasteiger partial charge in [0, 0.05) is 19.1 Å². The molecule has 3 fully saturated rings. The van der Waals surface area contributed by atoms with Crippen molar-refractivity contribution < 1.29 is 9.53 Å². The van der Waals surface area contributed by atoms with Gasteiger partial charge < -0.3 is 9.64 Å². The van der Waals surface area contributed by atoms with E-state index >= 15 is 0 Å². The SMILES string of the molecule is O=C(C1CC(C2CC2)NN1)N1CCC(COc2ccccc2)CC1. The van der Waals surface area contributed by atoms with E-state index in [1.165, 1.54) is 12.8 Å². The molecule has 3 aliphatic rings. The van der Waals surface area contributed by atoms with E-state index in [4.69, 9.17) is 4.74 Å². The van der Waals surface area contributed by atoms with Gasteiger partial charge in [-0.15, -0.1) is 0 Å². The maximum atomic E-state index is 12.7. The molecule has 2 N–H and O–H groups in total. The molecule has 0 spiro atoms. The van der Waals surface area contributed by atoms with Crippen LogP contribution < -0.4 is 15.6 Å². The van der Waals surface area contributed by atoms with E-state index in [0.717, 1.165) is 50.6 Å². The Labute approximate surface area is 143 Å². The Morgan fingerprint density at radius 2 is 1.83 bits per heavy atom. The third-order valence-corrected chi connectivity index (χ3v) is 5.58. The summed E-state index contributed by atoms with van der Waals surface area (Å²) in [5, 5.41) is 0. The van der Waals surface area contributed by atoms with Gasteiger partial charge in [-0.2, -0.15) is 0 Å². The van der Waals surface area contributed by atoms with Gasteiger partial charge in [0.2, 0.25) is 5.91 Å². The second-order valence-electron chi connectivity index (χ2n) is 7.41. The molecule has 1 amide bonds. The maximum absolute atomic E-state index is 12.7. The van der Waals surface area contributed by atoms with E-state index in [9.17, 15) is 4.79 Å². The van der Waals surface area contributed by atoms with Gasteiger partial charge in [0.15, 0.2) is 0 Å². The number of nitrogens with one attached hydrogen (secondary N) is 2. The number of amides is 1. The minimum Gasteiger partial charge on any atom is -0.493 e. The van der Waals surface area contributed by atoms with Gasteiger partial charge in [-0.1, -0.05) is 18.2 Å². The lowest BCUT2D eigenvalue weighted by Gasteiger charge is -2.33. The molecule has 1 aromatic carbocycles. The van der Waals surface area contributed by atoms with Crippen molar-refractivity contribution in [3.63, 3.8) is 0 Å². The highest BCUT2D eigenvalue weighted by molar-refractivity contribution is 5.82. The van der Waals surface area contributed by atoms with Crippen molar-refractivity contribution in [3.8, 4) is 5.75 Å². The molecule has 2 atom stereocenters. The molecule has 5 nitrogen and oxygen atoms in total. The molecule has 130 valence electrons. The molecule has 5 heteroatoms. The minimum atomic E-state index is -0.0345. The minimum absolute atomic E-state index is 0.0345. The van der Waals surface area contributed by atoms with Crippen LogP contribution in [0.25, 0.3) is 0 Å². The van der Waals surface area contributed by atoms with Crippen LogP contribution in [0.15, 0.2) is 30.3 Å². The fourth-order valence-electron chi connectivity index (χ4n) is 3.82. The summed E-state index contributed by atoms with van der Waals surface area (Å²) in [5.41, 5.74) is 6.54. The first-order valence-corrected chi connectivity index (χ1v) is 9.27. The Morgan fingerprint density at radius 1 is 1.08 bits per heavy atom. The number of nitrogens with zero attached hydrogens (tertiary/aromatic N) is 1. The van der Waals surface area contributed by atoms with E-state index < -0.39 is 0 Å². The number of ether oxygens (including phenoxy) is 1. The van der Waals surface area contributed by atoms with Crippen molar-refractivity contribution in [1.82, 2.24) is 15.8 Å². The summed E-state index contributed by atoms with van der Waals surface area (Å²) in [6.07, 6.45) is 5.64. The van der Waals surface area contributed by atoms with Crippen molar-refractivity contribution in [2.24, 2.45) is 11.8 Å². The Morgan fingerprint density at radius 3 is 2.54 bits per heavy atom. The Balaban J connectivity index is 1.20. The zero-order chi connectivity index (χ0) is 16.4. The predicted molar refractivity (Wildman–Crippen MR) is 92.4 cm³/mol. The number of hydrazine groups is 1. The molecule has 0 aromatic heterocycles. The van der Waals surface area contributed by atoms with Crippen LogP contribution in [-0.4, -0.2) is 42.6 Å². The summed E-state index contributed by atoms with van der Waals surface area (Å²) in [4.78, 5) is 14.7. The summed E-state index contributed by atoms with van der Waals surface area (Å²) in [6, 6.07) is 10.4. The quantitative estimate of drug-likeness (QED) is 0.867. The van der Waals surface area contributed by atoms with E-state index in [1.807, 2.05) is 35.2 Å². The van der Waals surface area contributed by atoms with Crippen molar-refractivity contribution in [2.75, 3.05) is 19.7 Å². The highest BCUT2D eigenvalue weighted by Gasteiger charge is 2.40. The third-order valence-electron chi connectivity index (χ3n) is 5.58. The second kappa shape index (κ2) is 7.11. The second-order valence-corrected chi connectivity index (χ2v) is 7.41. The highest BCUT2D eigenvalue weighted by atomic mass is 16.5. The van der Waals surface area contributed by atoms with Crippen molar-refractivity contribution >= 4 is 5.91 Å². The van der Waals surface area contributed by atoms with E-state index in [1.54, 1.807) is 0 Å². The van der Waals surface area contributed by atoms with Crippen LogP contribution in [0, 0.1) is 11.8 Å². The van der Waals surface area contributed by atoms with Crippen LogP contribution in [0.1, 0.15) is 32.1 Å². The fourth-order valence-corrected chi connectivity index (χ4v) is 3.82. The Hall–Kier alpha value is -1.59. The smallest absolute Gasteiger partial charge is 0.241 e. The van der Waals surface area contributed by atoms with Gasteiger partial charge in [0.25, 0.3) is 0 Å². The van der Waals surface area contributed by atoms with Gasteiger partial charge in [0.05, 0.1) is 6.61 Å². The van der Waals surface area contributed by atoms with Crippen molar-refractivity contribution in [3.05, 3.63) is 30.3 Å². The number of rotatable bonds is 5. The lowest BCUT2D eigenvalue weighted by atomic mass is 9.96. The molecule has 1 aromatic rings. The van der Waals surface area contributed by atoms with Crippen molar-refractivity contribution in [1.29, 1.82) is 0 Å². The molecule has 2 saturated heterocycles. The number of benzene rings is 1. The predicted octanol–water partition coefficient (Wildman–Crippen LogP) is 1.95. The standard InChI is InChI=1S/C19H27N3O2/c23-19(18-12-17(20-21-18)15-6-7-15)22-10-8-14(9-11-22)13-24-16-4-2-1-3-5-16/h1-5,14-15,17-18,20-21H,6-13H2. The number of carbonyl (C=O) groups is 1. The number of carbonyl (C=O) groups excluding carboxylic acids is 1. The lowest BCUT2D eigenvalue weighted by molar-refractivity contribution is -0.134. The van der Waals surface area contributed by atoms with Crippen molar-refractivity contribution in [2.45, 2.75) is 44.2 Å². The Bertz CT molecular complexity index is 553. The molecule has 4 rings (SSSR count). The highest BCUT2D eigenvalue weighted by Crippen LogP contribution is 2.36. The average molecular weight is 329 g/mol. The van der Waals surface area contributed by atoms with Gasteiger partial charge in [-0.3, -0.25) is 10.2 Å². The third kappa shape index (κ3) is 3.73. The van der Waals surface area contributed by atoms with Crippen LogP contribution in [0.3, 0.4) is 0 Å². The normalized spacial score (nSPS) is 28.1. The zero-order valence-corrected chi connectivity index (χ0v) is 14.1. The molecular weight excluding hydrogens is 302 g/mol. The molecule has 1 aliphatic carbocycles. The van der Waals surface area contributed by atoms with Gasteiger partial charge in [-0.25, -0.2) is 5.43 Å². The molecule has 0 radical (unpaired) electrons. The number of hydrogen-bond acceptors (Lipinski definition) is 4. The number of piperidine rings is 1. The van der Waals surface area contributed by atoms with Crippen LogP contribution >= 0.6 is 0 Å². The van der Waals surface area contributed by atoms with E-state index in [0.29, 0.717) is 12.0 Å². The summed E-state index contributed by atoms with van der Waals surface area (Å²) in [5.74, 6) is 2.54. The van der Waals surface area contributed by atoms with Gasteiger partial charge in [0.1, 0.15) is 11.8 Å². The van der Waals surface area contributed by atoms with E-state index in [-0.39, 0.29) is 11.9 Å². The Kier molecular flexibility index (Phi) is 4.72.